The van der Waals surface area contributed by atoms with Crippen molar-refractivity contribution in [1.82, 2.24) is 10.6 Å². The number of halogens is 1. The molecule has 1 saturated heterocycles. The second kappa shape index (κ2) is 3.47. The Balaban J connectivity index is 2.08. The molecule has 2 N–H and O–H groups in total. The smallest absolute Gasteiger partial charge is 0.193 e. The van der Waals surface area contributed by atoms with E-state index in [1.165, 1.54) is 0 Å². The predicted molar refractivity (Wildman–Crippen MR) is 47.3 cm³/mol. The minimum absolute atomic E-state index is 0.270. The minimum atomic E-state index is 0.270. The molecule has 0 aromatic carbocycles. The third kappa shape index (κ3) is 1.63. The van der Waals surface area contributed by atoms with E-state index >= 15 is 0 Å². The zero-order valence-corrected chi connectivity index (χ0v) is 7.40. The molecule has 1 aliphatic heterocycles. The van der Waals surface area contributed by atoms with E-state index in [0.29, 0.717) is 5.22 Å². The van der Waals surface area contributed by atoms with Crippen LogP contribution in [0.1, 0.15) is 11.8 Å². The Morgan fingerprint density at radius 3 is 2.92 bits per heavy atom. The molecule has 0 radical (unpaired) electrons. The van der Waals surface area contributed by atoms with E-state index in [9.17, 15) is 0 Å². The van der Waals surface area contributed by atoms with Gasteiger partial charge in [-0.25, -0.2) is 0 Å². The van der Waals surface area contributed by atoms with E-state index in [1.807, 2.05) is 6.07 Å². The highest BCUT2D eigenvalue weighted by atomic mass is 35.5. The molecule has 3 nitrogen and oxygen atoms in total. The predicted octanol–water partition coefficient (Wildman–Crippen LogP) is 1.17. The Morgan fingerprint density at radius 2 is 2.33 bits per heavy atom. The van der Waals surface area contributed by atoms with Gasteiger partial charge in [0, 0.05) is 19.6 Å². The van der Waals surface area contributed by atoms with E-state index in [1.54, 1.807) is 6.07 Å². The molecule has 0 bridgehead atoms. The number of hydrogen-bond acceptors (Lipinski definition) is 3. The Labute approximate surface area is 76.1 Å². The molecular formula is C8H11ClN2O. The summed E-state index contributed by atoms with van der Waals surface area (Å²) in [4.78, 5) is 0. The molecule has 4 heteroatoms. The quantitative estimate of drug-likeness (QED) is 0.692. The molecule has 1 fully saturated rings. The number of piperazine rings is 1. The molecule has 2 rings (SSSR count). The van der Waals surface area contributed by atoms with Crippen LogP contribution in [0.25, 0.3) is 0 Å². The van der Waals surface area contributed by atoms with Gasteiger partial charge in [0.2, 0.25) is 0 Å². The van der Waals surface area contributed by atoms with Crippen molar-refractivity contribution in [1.29, 1.82) is 0 Å². The maximum Gasteiger partial charge on any atom is 0.193 e. The zero-order chi connectivity index (χ0) is 8.39. The van der Waals surface area contributed by atoms with Crippen molar-refractivity contribution < 1.29 is 4.42 Å². The van der Waals surface area contributed by atoms with Crippen LogP contribution in [0.15, 0.2) is 16.5 Å². The van der Waals surface area contributed by atoms with E-state index in [2.05, 4.69) is 10.6 Å². The molecule has 1 aromatic heterocycles. The molecule has 12 heavy (non-hydrogen) atoms. The van der Waals surface area contributed by atoms with E-state index < -0.39 is 0 Å². The number of rotatable bonds is 1. The van der Waals surface area contributed by atoms with Crippen molar-refractivity contribution in [2.75, 3.05) is 19.6 Å². The standard InChI is InChI=1S/C8H11ClN2O/c9-8-2-1-7(12-8)6-5-10-3-4-11-6/h1-2,6,10-11H,3-5H2/t6-/m1/s1. The van der Waals surface area contributed by atoms with Crippen molar-refractivity contribution in [3.05, 3.63) is 23.1 Å². The summed E-state index contributed by atoms with van der Waals surface area (Å²) >= 11 is 5.66. The summed E-state index contributed by atoms with van der Waals surface area (Å²) in [5.41, 5.74) is 0. The number of furan rings is 1. The second-order valence-corrected chi connectivity index (χ2v) is 3.23. The Morgan fingerprint density at radius 1 is 1.42 bits per heavy atom. The van der Waals surface area contributed by atoms with Gasteiger partial charge in [0.15, 0.2) is 5.22 Å². The highest BCUT2D eigenvalue weighted by Crippen LogP contribution is 2.19. The van der Waals surface area contributed by atoms with Crippen molar-refractivity contribution in [2.24, 2.45) is 0 Å². The fourth-order valence-corrected chi connectivity index (χ4v) is 1.52. The molecule has 66 valence electrons. The third-order valence-electron chi connectivity index (χ3n) is 1.98. The average Bonchev–Trinajstić information content (AvgIpc) is 2.54. The van der Waals surface area contributed by atoms with E-state index in [0.717, 1.165) is 25.4 Å². The van der Waals surface area contributed by atoms with Crippen molar-refractivity contribution in [2.45, 2.75) is 6.04 Å². The van der Waals surface area contributed by atoms with Crippen LogP contribution in [0.3, 0.4) is 0 Å². The topological polar surface area (TPSA) is 37.2 Å². The van der Waals surface area contributed by atoms with Crippen molar-refractivity contribution in [3.63, 3.8) is 0 Å². The van der Waals surface area contributed by atoms with Gasteiger partial charge in [-0.3, -0.25) is 0 Å². The molecule has 1 aliphatic rings. The van der Waals surface area contributed by atoms with Crippen LogP contribution in [0, 0.1) is 0 Å². The first-order valence-electron chi connectivity index (χ1n) is 4.05. The van der Waals surface area contributed by atoms with Crippen molar-refractivity contribution >= 4 is 11.6 Å². The first-order chi connectivity index (χ1) is 5.86. The maximum atomic E-state index is 5.66. The lowest BCUT2D eigenvalue weighted by Crippen LogP contribution is -2.42. The van der Waals surface area contributed by atoms with Crippen LogP contribution in [0.4, 0.5) is 0 Å². The fourth-order valence-electron chi connectivity index (χ4n) is 1.37. The van der Waals surface area contributed by atoms with Crippen LogP contribution < -0.4 is 10.6 Å². The summed E-state index contributed by atoms with van der Waals surface area (Å²) in [5.74, 6) is 0.909. The summed E-state index contributed by atoms with van der Waals surface area (Å²) < 4.78 is 5.29. The molecular weight excluding hydrogens is 176 g/mol. The summed E-state index contributed by atoms with van der Waals surface area (Å²) in [5, 5.41) is 7.07. The lowest BCUT2D eigenvalue weighted by molar-refractivity contribution is 0.364. The largest absolute Gasteiger partial charge is 0.448 e. The summed E-state index contributed by atoms with van der Waals surface area (Å²) in [7, 11) is 0. The van der Waals surface area contributed by atoms with Gasteiger partial charge < -0.3 is 15.1 Å². The van der Waals surface area contributed by atoms with Crippen LogP contribution in [0.5, 0.6) is 0 Å². The molecule has 0 unspecified atom stereocenters. The molecule has 1 atom stereocenters. The molecule has 2 heterocycles. The van der Waals surface area contributed by atoms with Gasteiger partial charge in [0.05, 0.1) is 6.04 Å². The lowest BCUT2D eigenvalue weighted by atomic mass is 10.2. The van der Waals surface area contributed by atoms with Gasteiger partial charge in [-0.1, -0.05) is 0 Å². The highest BCUT2D eigenvalue weighted by molar-refractivity contribution is 6.28. The molecule has 0 aliphatic carbocycles. The van der Waals surface area contributed by atoms with E-state index in [4.69, 9.17) is 16.0 Å². The SMILES string of the molecule is Clc1ccc([C@H]2CNCCN2)o1. The molecule has 0 saturated carbocycles. The summed E-state index contributed by atoms with van der Waals surface area (Å²) in [6, 6.07) is 3.95. The fraction of sp³-hybridized carbons (Fsp3) is 0.500. The van der Waals surface area contributed by atoms with Crippen LogP contribution in [-0.4, -0.2) is 19.6 Å². The molecule has 0 spiro atoms. The van der Waals surface area contributed by atoms with Crippen LogP contribution in [0.2, 0.25) is 5.22 Å². The van der Waals surface area contributed by atoms with Gasteiger partial charge in [-0.05, 0) is 23.7 Å². The van der Waals surface area contributed by atoms with Gasteiger partial charge in [0.25, 0.3) is 0 Å². The monoisotopic (exact) mass is 186 g/mol. The van der Waals surface area contributed by atoms with Gasteiger partial charge in [-0.2, -0.15) is 0 Å². The summed E-state index contributed by atoms with van der Waals surface area (Å²) in [6.45, 7) is 2.90. The van der Waals surface area contributed by atoms with Crippen LogP contribution in [-0.2, 0) is 0 Å². The Bertz CT molecular complexity index is 255. The normalized spacial score (nSPS) is 24.2. The average molecular weight is 187 g/mol. The minimum Gasteiger partial charge on any atom is -0.448 e. The van der Waals surface area contributed by atoms with Crippen molar-refractivity contribution in [3.8, 4) is 0 Å². The number of nitrogens with one attached hydrogen (secondary N) is 2. The second-order valence-electron chi connectivity index (χ2n) is 2.85. The van der Waals surface area contributed by atoms with Crippen LogP contribution >= 0.6 is 11.6 Å². The summed E-state index contributed by atoms with van der Waals surface area (Å²) in [6.07, 6.45) is 0. The highest BCUT2D eigenvalue weighted by Gasteiger charge is 2.16. The maximum absolute atomic E-state index is 5.66. The number of hydrogen-bond donors (Lipinski definition) is 2. The van der Waals surface area contributed by atoms with Gasteiger partial charge in [0.1, 0.15) is 5.76 Å². The zero-order valence-electron chi connectivity index (χ0n) is 6.64. The third-order valence-corrected chi connectivity index (χ3v) is 2.18. The van der Waals surface area contributed by atoms with Gasteiger partial charge >= 0.3 is 0 Å². The first kappa shape index (κ1) is 8.10. The molecule has 0 amide bonds. The van der Waals surface area contributed by atoms with Gasteiger partial charge in [-0.15, -0.1) is 0 Å². The Hall–Kier alpha value is -0.510. The molecule has 1 aromatic rings. The Kier molecular flexibility index (Phi) is 2.35. The van der Waals surface area contributed by atoms with E-state index in [-0.39, 0.29) is 6.04 Å². The first-order valence-corrected chi connectivity index (χ1v) is 4.43. The lowest BCUT2D eigenvalue weighted by Gasteiger charge is -2.22.